The molecule has 132 valence electrons. The fourth-order valence-corrected chi connectivity index (χ4v) is 3.25. The van der Waals surface area contributed by atoms with Crippen LogP contribution in [0.4, 0.5) is 4.79 Å². The molecule has 1 aliphatic rings. The molecule has 23 heavy (non-hydrogen) atoms. The molecule has 1 rings (SSSR count). The Balaban J connectivity index is 2.93. The van der Waals surface area contributed by atoms with E-state index in [1.807, 2.05) is 0 Å². The fourth-order valence-electron chi connectivity index (χ4n) is 3.25. The van der Waals surface area contributed by atoms with Crippen molar-refractivity contribution in [2.24, 2.45) is 11.3 Å². The molecule has 0 heterocycles. The lowest BCUT2D eigenvalue weighted by Crippen LogP contribution is -2.54. The molecule has 0 aliphatic heterocycles. The molecule has 1 aliphatic carbocycles. The second-order valence-electron chi connectivity index (χ2n) is 7.27. The van der Waals surface area contributed by atoms with Gasteiger partial charge in [-0.05, 0) is 50.9 Å². The standard InChI is InChI=1S/C18H31NO4/c1-7-22-15(20)13(3)18(19-16(21)23-8-2)11-9-14(10-12-18)17(4,5)6/h14H,3,7-12H2,1-2,4-6H3,(H,19,21). The zero-order valence-electron chi connectivity index (χ0n) is 15.2. The highest BCUT2D eigenvalue weighted by Crippen LogP contribution is 2.44. The summed E-state index contributed by atoms with van der Waals surface area (Å²) in [7, 11) is 0. The lowest BCUT2D eigenvalue weighted by Gasteiger charge is -2.44. The van der Waals surface area contributed by atoms with Crippen LogP contribution in [0.2, 0.25) is 0 Å². The Bertz CT molecular complexity index is 442. The summed E-state index contributed by atoms with van der Waals surface area (Å²) in [6, 6.07) is 0. The molecule has 0 saturated heterocycles. The predicted molar refractivity (Wildman–Crippen MR) is 90.1 cm³/mol. The summed E-state index contributed by atoms with van der Waals surface area (Å²) in [6.45, 7) is 14.7. The number of esters is 1. The Morgan fingerprint density at radius 2 is 1.65 bits per heavy atom. The molecule has 1 N–H and O–H groups in total. The van der Waals surface area contributed by atoms with Gasteiger partial charge in [-0.25, -0.2) is 9.59 Å². The average molecular weight is 325 g/mol. The second-order valence-corrected chi connectivity index (χ2v) is 7.27. The van der Waals surface area contributed by atoms with Gasteiger partial charge in [-0.3, -0.25) is 0 Å². The van der Waals surface area contributed by atoms with Crippen LogP contribution in [0.3, 0.4) is 0 Å². The van der Waals surface area contributed by atoms with Crippen molar-refractivity contribution in [3.8, 4) is 0 Å². The van der Waals surface area contributed by atoms with Crippen LogP contribution < -0.4 is 5.32 Å². The van der Waals surface area contributed by atoms with Crippen LogP contribution in [0.1, 0.15) is 60.3 Å². The lowest BCUT2D eigenvalue weighted by molar-refractivity contribution is -0.139. The van der Waals surface area contributed by atoms with E-state index in [2.05, 4.69) is 32.7 Å². The minimum absolute atomic E-state index is 0.210. The number of ether oxygens (including phenoxy) is 2. The van der Waals surface area contributed by atoms with E-state index >= 15 is 0 Å². The summed E-state index contributed by atoms with van der Waals surface area (Å²) >= 11 is 0. The summed E-state index contributed by atoms with van der Waals surface area (Å²) in [5.74, 6) is 0.105. The highest BCUT2D eigenvalue weighted by Gasteiger charge is 2.44. The van der Waals surface area contributed by atoms with Gasteiger partial charge in [-0.2, -0.15) is 0 Å². The number of hydrogen-bond donors (Lipinski definition) is 1. The Morgan fingerprint density at radius 1 is 1.13 bits per heavy atom. The minimum atomic E-state index is -0.764. The SMILES string of the molecule is C=C(C(=O)OCC)C1(NC(=O)OCC)CCC(C(C)(C)C)CC1. The van der Waals surface area contributed by atoms with Crippen molar-refractivity contribution < 1.29 is 19.1 Å². The van der Waals surface area contributed by atoms with E-state index in [-0.39, 0.29) is 12.0 Å². The topological polar surface area (TPSA) is 64.6 Å². The molecule has 0 spiro atoms. The quantitative estimate of drug-likeness (QED) is 0.616. The normalized spacial score (nSPS) is 24.7. The van der Waals surface area contributed by atoms with Crippen LogP contribution in [-0.4, -0.2) is 30.8 Å². The van der Waals surface area contributed by atoms with Gasteiger partial charge in [0.1, 0.15) is 0 Å². The number of rotatable bonds is 5. The van der Waals surface area contributed by atoms with E-state index in [4.69, 9.17) is 9.47 Å². The Kier molecular flexibility index (Phi) is 6.66. The third kappa shape index (κ3) is 4.98. The van der Waals surface area contributed by atoms with Gasteiger partial charge in [0.15, 0.2) is 0 Å². The predicted octanol–water partition coefficient (Wildman–Crippen LogP) is 3.83. The molecule has 0 bridgehead atoms. The highest BCUT2D eigenvalue weighted by atomic mass is 16.5. The van der Waals surface area contributed by atoms with Crippen molar-refractivity contribution in [2.45, 2.75) is 65.8 Å². The molecule has 1 amide bonds. The van der Waals surface area contributed by atoms with Crippen molar-refractivity contribution in [3.63, 3.8) is 0 Å². The molecule has 1 fully saturated rings. The van der Waals surface area contributed by atoms with Crippen molar-refractivity contribution >= 4 is 12.1 Å². The van der Waals surface area contributed by atoms with Gasteiger partial charge < -0.3 is 14.8 Å². The first-order valence-electron chi connectivity index (χ1n) is 8.47. The molecule has 0 aromatic rings. The average Bonchev–Trinajstić information content (AvgIpc) is 2.46. The maximum atomic E-state index is 12.2. The molecule has 1 saturated carbocycles. The van der Waals surface area contributed by atoms with Gasteiger partial charge in [0.05, 0.1) is 24.3 Å². The second kappa shape index (κ2) is 7.84. The molecular weight excluding hydrogens is 294 g/mol. The highest BCUT2D eigenvalue weighted by molar-refractivity contribution is 5.91. The third-order valence-electron chi connectivity index (χ3n) is 4.78. The van der Waals surface area contributed by atoms with E-state index in [9.17, 15) is 9.59 Å². The first-order chi connectivity index (χ1) is 10.7. The van der Waals surface area contributed by atoms with Gasteiger partial charge in [0, 0.05) is 0 Å². The number of carbonyl (C=O) groups excluding carboxylic acids is 2. The summed E-state index contributed by atoms with van der Waals surface area (Å²) < 4.78 is 10.1. The molecule has 0 aromatic heterocycles. The van der Waals surface area contributed by atoms with E-state index in [0.29, 0.717) is 30.9 Å². The van der Waals surface area contributed by atoms with Crippen LogP contribution >= 0.6 is 0 Å². The molecule has 0 unspecified atom stereocenters. The summed E-state index contributed by atoms with van der Waals surface area (Å²) in [5, 5.41) is 2.88. The van der Waals surface area contributed by atoms with Crippen LogP contribution in [0.5, 0.6) is 0 Å². The third-order valence-corrected chi connectivity index (χ3v) is 4.78. The number of hydrogen-bond acceptors (Lipinski definition) is 4. The molecule has 0 radical (unpaired) electrons. The zero-order chi connectivity index (χ0) is 17.7. The van der Waals surface area contributed by atoms with Gasteiger partial charge >= 0.3 is 12.1 Å². The molecule has 0 aromatic carbocycles. The van der Waals surface area contributed by atoms with Gasteiger partial charge in [-0.1, -0.05) is 27.4 Å². The van der Waals surface area contributed by atoms with Crippen LogP contribution in [0, 0.1) is 11.3 Å². The van der Waals surface area contributed by atoms with E-state index in [1.165, 1.54) is 0 Å². The maximum Gasteiger partial charge on any atom is 0.407 e. The first-order valence-corrected chi connectivity index (χ1v) is 8.47. The van der Waals surface area contributed by atoms with E-state index < -0.39 is 17.6 Å². The minimum Gasteiger partial charge on any atom is -0.463 e. The van der Waals surface area contributed by atoms with Crippen LogP contribution in [-0.2, 0) is 14.3 Å². The molecule has 5 heteroatoms. The summed E-state index contributed by atoms with van der Waals surface area (Å²) in [6.07, 6.45) is 2.69. The number of amides is 1. The number of carbonyl (C=O) groups is 2. The number of nitrogens with one attached hydrogen (secondary N) is 1. The zero-order valence-corrected chi connectivity index (χ0v) is 15.2. The fraction of sp³-hybridized carbons (Fsp3) is 0.778. The van der Waals surface area contributed by atoms with E-state index in [1.54, 1.807) is 13.8 Å². The monoisotopic (exact) mass is 325 g/mol. The van der Waals surface area contributed by atoms with Gasteiger partial charge in [-0.15, -0.1) is 0 Å². The maximum absolute atomic E-state index is 12.2. The Morgan fingerprint density at radius 3 is 2.09 bits per heavy atom. The van der Waals surface area contributed by atoms with Crippen molar-refractivity contribution in [3.05, 3.63) is 12.2 Å². The Hall–Kier alpha value is -1.52. The van der Waals surface area contributed by atoms with Crippen molar-refractivity contribution in [2.75, 3.05) is 13.2 Å². The summed E-state index contributed by atoms with van der Waals surface area (Å²) in [5.41, 5.74) is -0.235. The lowest BCUT2D eigenvalue weighted by atomic mass is 9.65. The largest absolute Gasteiger partial charge is 0.463 e. The molecule has 5 nitrogen and oxygen atoms in total. The smallest absolute Gasteiger partial charge is 0.407 e. The van der Waals surface area contributed by atoms with Gasteiger partial charge in [0.25, 0.3) is 0 Å². The van der Waals surface area contributed by atoms with Crippen LogP contribution in [0.15, 0.2) is 12.2 Å². The van der Waals surface area contributed by atoms with Crippen molar-refractivity contribution in [1.29, 1.82) is 0 Å². The van der Waals surface area contributed by atoms with Crippen molar-refractivity contribution in [1.82, 2.24) is 5.32 Å². The molecular formula is C18H31NO4. The molecule has 0 atom stereocenters. The Labute approximate surface area is 139 Å². The first kappa shape index (κ1) is 19.5. The van der Waals surface area contributed by atoms with Gasteiger partial charge in [0.2, 0.25) is 0 Å². The summed E-state index contributed by atoms with van der Waals surface area (Å²) in [4.78, 5) is 24.1. The number of alkyl carbamates (subject to hydrolysis) is 1. The van der Waals surface area contributed by atoms with E-state index in [0.717, 1.165) is 12.8 Å². The van der Waals surface area contributed by atoms with Crippen LogP contribution in [0.25, 0.3) is 0 Å².